The second kappa shape index (κ2) is 6.64. The quantitative estimate of drug-likeness (QED) is 0.869. The zero-order valence-corrected chi connectivity index (χ0v) is 15.7. The number of fused-ring (bicyclic) bond motifs is 1. The number of amides is 1. The molecule has 3 heterocycles. The van der Waals surface area contributed by atoms with Crippen LogP contribution in [0.15, 0.2) is 36.7 Å². The molecular formula is C20H25FN4O2. The fraction of sp³-hybridized carbons (Fsp3) is 0.500. The lowest BCUT2D eigenvalue weighted by molar-refractivity contribution is -0.133. The highest BCUT2D eigenvalue weighted by atomic mass is 19.1. The Balaban J connectivity index is 1.65. The van der Waals surface area contributed by atoms with Crippen LogP contribution in [0, 0.1) is 5.82 Å². The third-order valence-electron chi connectivity index (χ3n) is 5.53. The molecule has 0 saturated carbocycles. The summed E-state index contributed by atoms with van der Waals surface area (Å²) in [4.78, 5) is 13.5. The summed E-state index contributed by atoms with van der Waals surface area (Å²) in [5.41, 5.74) is -0.392. The Morgan fingerprint density at radius 3 is 2.85 bits per heavy atom. The normalized spacial score (nSPS) is 23.1. The van der Waals surface area contributed by atoms with Gasteiger partial charge in [-0.15, -0.1) is 0 Å². The van der Waals surface area contributed by atoms with Crippen molar-refractivity contribution in [1.29, 1.82) is 0 Å². The van der Waals surface area contributed by atoms with Gasteiger partial charge in [-0.1, -0.05) is 6.07 Å². The maximum Gasteiger partial charge on any atom is 0.248 e. The molecule has 1 saturated heterocycles. The van der Waals surface area contributed by atoms with Crippen molar-refractivity contribution >= 4 is 5.91 Å². The first kappa shape index (κ1) is 18.0. The lowest BCUT2D eigenvalue weighted by atomic mass is 9.85. The number of nitrogens with one attached hydrogen (secondary N) is 2. The van der Waals surface area contributed by atoms with E-state index in [9.17, 15) is 9.18 Å². The van der Waals surface area contributed by atoms with Crippen LogP contribution in [0.25, 0.3) is 0 Å². The van der Waals surface area contributed by atoms with Gasteiger partial charge in [0, 0.05) is 30.4 Å². The van der Waals surface area contributed by atoms with Crippen molar-refractivity contribution in [2.75, 3.05) is 13.1 Å². The first-order chi connectivity index (χ1) is 12.9. The van der Waals surface area contributed by atoms with Crippen molar-refractivity contribution in [3.8, 4) is 5.75 Å². The topological polar surface area (TPSA) is 68.2 Å². The van der Waals surface area contributed by atoms with E-state index in [1.165, 1.54) is 12.1 Å². The van der Waals surface area contributed by atoms with Gasteiger partial charge in [-0.3, -0.25) is 9.48 Å². The van der Waals surface area contributed by atoms with Gasteiger partial charge in [0.1, 0.15) is 22.7 Å². The van der Waals surface area contributed by atoms with Gasteiger partial charge < -0.3 is 15.4 Å². The Morgan fingerprint density at radius 2 is 2.15 bits per heavy atom. The molecule has 144 valence electrons. The van der Waals surface area contributed by atoms with Crippen LogP contribution < -0.4 is 15.4 Å². The monoisotopic (exact) mass is 372 g/mol. The number of nitrogens with zero attached hydrogens (tertiary/aromatic N) is 2. The number of ether oxygens (including phenoxy) is 1. The van der Waals surface area contributed by atoms with Crippen LogP contribution in [0.3, 0.4) is 0 Å². The van der Waals surface area contributed by atoms with E-state index in [-0.39, 0.29) is 17.8 Å². The van der Waals surface area contributed by atoms with E-state index in [4.69, 9.17) is 4.74 Å². The summed E-state index contributed by atoms with van der Waals surface area (Å²) in [6.07, 6.45) is 5.51. The van der Waals surface area contributed by atoms with E-state index in [1.54, 1.807) is 16.9 Å². The molecule has 2 aromatic rings. The van der Waals surface area contributed by atoms with E-state index in [0.29, 0.717) is 25.0 Å². The molecule has 1 aromatic heterocycles. The van der Waals surface area contributed by atoms with Crippen molar-refractivity contribution in [3.05, 3.63) is 48.0 Å². The van der Waals surface area contributed by atoms with Crippen LogP contribution >= 0.6 is 0 Å². The maximum atomic E-state index is 13.7. The Kier molecular flexibility index (Phi) is 4.42. The summed E-state index contributed by atoms with van der Waals surface area (Å²) in [7, 11) is 0. The molecule has 7 heteroatoms. The van der Waals surface area contributed by atoms with E-state index >= 15 is 0 Å². The molecule has 2 aliphatic rings. The first-order valence-corrected chi connectivity index (χ1v) is 9.40. The van der Waals surface area contributed by atoms with Crippen molar-refractivity contribution < 1.29 is 13.9 Å². The predicted octanol–water partition coefficient (Wildman–Crippen LogP) is 2.52. The number of aromatic nitrogens is 2. The van der Waals surface area contributed by atoms with E-state index in [1.807, 2.05) is 26.1 Å². The average Bonchev–Trinajstić information content (AvgIpc) is 3.16. The van der Waals surface area contributed by atoms with Crippen LogP contribution in [0.2, 0.25) is 0 Å². The summed E-state index contributed by atoms with van der Waals surface area (Å²) in [5.74, 6) is 0.101. The molecule has 1 fully saturated rings. The van der Waals surface area contributed by atoms with Crippen LogP contribution in [-0.4, -0.2) is 34.4 Å². The minimum atomic E-state index is -0.711. The number of rotatable bonds is 3. The number of halogens is 1. The fourth-order valence-electron chi connectivity index (χ4n) is 4.17. The third kappa shape index (κ3) is 3.32. The SMILES string of the molecule is CC1(C)CC(NC(=O)C2(n3cccn3)CCNCC2)c2ccc(F)cc2O1. The number of benzene rings is 1. The molecule has 2 N–H and O–H groups in total. The maximum absolute atomic E-state index is 13.7. The summed E-state index contributed by atoms with van der Waals surface area (Å²) < 4.78 is 21.4. The van der Waals surface area contributed by atoms with Crippen LogP contribution in [-0.2, 0) is 10.3 Å². The standard InChI is InChI=1S/C20H25FN4O2/c1-19(2)13-16(15-5-4-14(21)12-17(15)27-19)24-18(26)20(6-9-22-10-7-20)25-11-3-8-23-25/h3-5,8,11-12,16,22H,6-7,9-10,13H2,1-2H3,(H,24,26). The van der Waals surface area contributed by atoms with Gasteiger partial charge in [-0.25, -0.2) is 4.39 Å². The van der Waals surface area contributed by atoms with Crippen LogP contribution in [0.4, 0.5) is 4.39 Å². The van der Waals surface area contributed by atoms with Crippen molar-refractivity contribution in [2.24, 2.45) is 0 Å². The second-order valence-corrected chi connectivity index (χ2v) is 8.01. The van der Waals surface area contributed by atoms with Gasteiger partial charge in [0.15, 0.2) is 0 Å². The molecule has 27 heavy (non-hydrogen) atoms. The number of hydrogen-bond acceptors (Lipinski definition) is 4. The molecule has 0 aliphatic carbocycles. The Bertz CT molecular complexity index is 829. The van der Waals surface area contributed by atoms with Gasteiger partial charge in [-0.05, 0) is 51.9 Å². The summed E-state index contributed by atoms with van der Waals surface area (Å²) in [5, 5.41) is 10.9. The fourth-order valence-corrected chi connectivity index (χ4v) is 4.17. The van der Waals surface area contributed by atoms with Crippen LogP contribution in [0.5, 0.6) is 5.75 Å². The van der Waals surface area contributed by atoms with Crippen molar-refractivity contribution in [3.63, 3.8) is 0 Å². The molecule has 1 aromatic carbocycles. The highest BCUT2D eigenvalue weighted by Crippen LogP contribution is 2.40. The lowest BCUT2D eigenvalue weighted by Crippen LogP contribution is -2.56. The zero-order valence-electron chi connectivity index (χ0n) is 15.7. The third-order valence-corrected chi connectivity index (χ3v) is 5.53. The highest BCUT2D eigenvalue weighted by molar-refractivity contribution is 5.85. The van der Waals surface area contributed by atoms with Gasteiger partial charge in [0.25, 0.3) is 0 Å². The molecule has 1 amide bonds. The van der Waals surface area contributed by atoms with Gasteiger partial charge in [0.05, 0.1) is 6.04 Å². The Labute approximate surface area is 158 Å². The zero-order chi connectivity index (χ0) is 19.1. The minimum Gasteiger partial charge on any atom is -0.487 e. The number of carbonyl (C=O) groups is 1. The van der Waals surface area contributed by atoms with Crippen molar-refractivity contribution in [1.82, 2.24) is 20.4 Å². The molecule has 0 spiro atoms. The van der Waals surface area contributed by atoms with Gasteiger partial charge in [0.2, 0.25) is 5.91 Å². The summed E-state index contributed by atoms with van der Waals surface area (Å²) in [6.45, 7) is 5.42. The summed E-state index contributed by atoms with van der Waals surface area (Å²) in [6, 6.07) is 6.11. The van der Waals surface area contributed by atoms with E-state index in [2.05, 4.69) is 15.7 Å². The molecule has 2 aliphatic heterocycles. The van der Waals surface area contributed by atoms with E-state index in [0.717, 1.165) is 18.7 Å². The van der Waals surface area contributed by atoms with Crippen molar-refractivity contribution in [2.45, 2.75) is 50.3 Å². The number of piperidine rings is 1. The largest absolute Gasteiger partial charge is 0.487 e. The Morgan fingerprint density at radius 1 is 1.37 bits per heavy atom. The molecular weight excluding hydrogens is 347 g/mol. The van der Waals surface area contributed by atoms with Gasteiger partial charge >= 0.3 is 0 Å². The molecule has 0 radical (unpaired) electrons. The highest BCUT2D eigenvalue weighted by Gasteiger charge is 2.44. The van der Waals surface area contributed by atoms with Crippen LogP contribution in [0.1, 0.15) is 44.7 Å². The predicted molar refractivity (Wildman–Crippen MR) is 98.9 cm³/mol. The minimum absolute atomic E-state index is 0.0503. The lowest BCUT2D eigenvalue weighted by Gasteiger charge is -2.41. The second-order valence-electron chi connectivity index (χ2n) is 8.01. The van der Waals surface area contributed by atoms with Gasteiger partial charge in [-0.2, -0.15) is 5.10 Å². The molecule has 1 atom stereocenters. The Hall–Kier alpha value is -2.41. The molecule has 0 bridgehead atoms. The molecule has 6 nitrogen and oxygen atoms in total. The molecule has 4 rings (SSSR count). The first-order valence-electron chi connectivity index (χ1n) is 9.40. The average molecular weight is 372 g/mol. The smallest absolute Gasteiger partial charge is 0.248 e. The summed E-state index contributed by atoms with van der Waals surface area (Å²) >= 11 is 0. The number of hydrogen-bond donors (Lipinski definition) is 2. The molecule has 1 unspecified atom stereocenters. The van der Waals surface area contributed by atoms with E-state index < -0.39 is 11.1 Å². The number of carbonyl (C=O) groups excluding carboxylic acids is 1.